The molecule has 21 heavy (non-hydrogen) atoms. The first-order valence-electron chi connectivity index (χ1n) is 7.12. The maximum absolute atomic E-state index is 12.7. The van der Waals surface area contributed by atoms with E-state index in [-0.39, 0.29) is 12.5 Å². The highest BCUT2D eigenvalue weighted by Gasteiger charge is 2.23. The van der Waals surface area contributed by atoms with E-state index in [4.69, 9.17) is 11.6 Å². The van der Waals surface area contributed by atoms with Crippen molar-refractivity contribution in [3.8, 4) is 0 Å². The van der Waals surface area contributed by atoms with Crippen molar-refractivity contribution in [3.63, 3.8) is 0 Å². The summed E-state index contributed by atoms with van der Waals surface area (Å²) in [5.74, 6) is -0.112. The molecule has 2 rings (SSSR count). The molecule has 0 aromatic heterocycles. The second kappa shape index (κ2) is 8.03. The number of aliphatic hydroxyl groups excluding tert-OH is 1. The molecular weight excluding hydrogens is 308 g/mol. The number of nitrogens with zero attached hydrogens (tertiary/aromatic N) is 1. The lowest BCUT2D eigenvalue weighted by molar-refractivity contribution is 0.0706. The molecule has 1 atom stereocenters. The minimum Gasteiger partial charge on any atom is -0.395 e. The van der Waals surface area contributed by atoms with Crippen LogP contribution in [0.3, 0.4) is 0 Å². The Labute approximate surface area is 134 Å². The van der Waals surface area contributed by atoms with Gasteiger partial charge in [0, 0.05) is 24.0 Å². The molecule has 116 valence electrons. The number of aliphatic hydroxyl groups is 1. The molecule has 0 aliphatic carbocycles. The van der Waals surface area contributed by atoms with E-state index in [9.17, 15) is 9.90 Å². The van der Waals surface area contributed by atoms with Crippen LogP contribution in [0.5, 0.6) is 0 Å². The van der Waals surface area contributed by atoms with Crippen molar-refractivity contribution >= 4 is 29.3 Å². The Kier molecular flexibility index (Phi) is 6.36. The molecule has 1 aliphatic rings. The van der Waals surface area contributed by atoms with E-state index in [1.54, 1.807) is 22.7 Å². The first-order valence-corrected chi connectivity index (χ1v) is 8.73. The van der Waals surface area contributed by atoms with Crippen LogP contribution in [0.2, 0.25) is 5.02 Å². The summed E-state index contributed by atoms with van der Waals surface area (Å²) in [6, 6.07) is 5.79. The lowest BCUT2D eigenvalue weighted by atomic mass is 10.1. The maximum atomic E-state index is 12.7. The summed E-state index contributed by atoms with van der Waals surface area (Å²) in [6.07, 6.45) is 4.16. The largest absolute Gasteiger partial charge is 0.395 e. The first kappa shape index (κ1) is 16.6. The first-order chi connectivity index (χ1) is 10.2. The van der Waals surface area contributed by atoms with Gasteiger partial charge < -0.3 is 15.3 Å². The number of amides is 1. The summed E-state index contributed by atoms with van der Waals surface area (Å²) in [7, 11) is 0. The van der Waals surface area contributed by atoms with Crippen molar-refractivity contribution in [1.82, 2.24) is 10.2 Å². The van der Waals surface area contributed by atoms with Gasteiger partial charge in [-0.25, -0.2) is 0 Å². The van der Waals surface area contributed by atoms with Crippen LogP contribution < -0.4 is 5.32 Å². The maximum Gasteiger partial charge on any atom is 0.255 e. The van der Waals surface area contributed by atoms with Crippen LogP contribution in [-0.4, -0.2) is 54.5 Å². The van der Waals surface area contributed by atoms with Gasteiger partial charge in [-0.1, -0.05) is 11.6 Å². The molecule has 1 aromatic rings. The smallest absolute Gasteiger partial charge is 0.255 e. The topological polar surface area (TPSA) is 52.6 Å². The summed E-state index contributed by atoms with van der Waals surface area (Å²) >= 11 is 7.75. The molecule has 1 amide bonds. The van der Waals surface area contributed by atoms with Gasteiger partial charge in [0.1, 0.15) is 0 Å². The van der Waals surface area contributed by atoms with Gasteiger partial charge >= 0.3 is 0 Å². The lowest BCUT2D eigenvalue weighted by Crippen LogP contribution is -2.42. The molecule has 4 nitrogen and oxygen atoms in total. The third kappa shape index (κ3) is 4.36. The van der Waals surface area contributed by atoms with E-state index < -0.39 is 0 Å². The molecule has 1 fully saturated rings. The van der Waals surface area contributed by atoms with Gasteiger partial charge in [0.25, 0.3) is 5.91 Å². The third-order valence-electron chi connectivity index (χ3n) is 3.66. The Morgan fingerprint density at radius 2 is 2.38 bits per heavy atom. The van der Waals surface area contributed by atoms with Gasteiger partial charge in [0.2, 0.25) is 0 Å². The molecule has 1 aromatic carbocycles. The zero-order valence-electron chi connectivity index (χ0n) is 12.1. The number of halogens is 1. The molecule has 0 spiro atoms. The number of benzene rings is 1. The monoisotopic (exact) mass is 328 g/mol. The van der Waals surface area contributed by atoms with E-state index in [2.05, 4.69) is 5.32 Å². The number of thioether (sulfide) groups is 1. The van der Waals surface area contributed by atoms with E-state index in [1.165, 1.54) is 0 Å². The van der Waals surface area contributed by atoms with Crippen LogP contribution >= 0.6 is 23.4 Å². The molecule has 1 unspecified atom stereocenters. The highest BCUT2D eigenvalue weighted by atomic mass is 35.5. The van der Waals surface area contributed by atoms with Crippen LogP contribution in [0.1, 0.15) is 23.2 Å². The summed E-state index contributed by atoms with van der Waals surface area (Å²) < 4.78 is 0. The summed E-state index contributed by atoms with van der Waals surface area (Å²) in [4.78, 5) is 15.4. The Balaban J connectivity index is 2.16. The molecule has 1 saturated heterocycles. The summed E-state index contributed by atoms with van der Waals surface area (Å²) in [6.45, 7) is 1.89. The van der Waals surface area contributed by atoms with Gasteiger partial charge in [-0.05, 0) is 43.8 Å². The number of nitrogens with one attached hydrogen (secondary N) is 1. The van der Waals surface area contributed by atoms with Gasteiger partial charge in [0.05, 0.1) is 17.2 Å². The molecule has 1 heterocycles. The number of hydrogen-bond acceptors (Lipinski definition) is 4. The van der Waals surface area contributed by atoms with Crippen LogP contribution in [0.15, 0.2) is 23.1 Å². The predicted molar refractivity (Wildman–Crippen MR) is 87.2 cm³/mol. The van der Waals surface area contributed by atoms with Crippen molar-refractivity contribution in [2.45, 2.75) is 23.8 Å². The second-order valence-electron chi connectivity index (χ2n) is 5.11. The van der Waals surface area contributed by atoms with Crippen molar-refractivity contribution in [3.05, 3.63) is 28.8 Å². The predicted octanol–water partition coefficient (Wildman–Crippen LogP) is 2.25. The van der Waals surface area contributed by atoms with Gasteiger partial charge in [0.15, 0.2) is 0 Å². The number of rotatable bonds is 6. The van der Waals surface area contributed by atoms with Crippen molar-refractivity contribution in [2.24, 2.45) is 0 Å². The Morgan fingerprint density at radius 1 is 1.57 bits per heavy atom. The average molecular weight is 329 g/mol. The SMILES string of the molecule is CSc1ccc(Cl)c(C(=O)N(CCO)CC2CCCN2)c1. The molecular formula is C15H21ClN2O2S. The Bertz CT molecular complexity index is 493. The minimum absolute atomic E-state index is 0.0434. The number of hydrogen-bond donors (Lipinski definition) is 2. The second-order valence-corrected chi connectivity index (χ2v) is 6.40. The van der Waals surface area contributed by atoms with Crippen molar-refractivity contribution in [2.75, 3.05) is 32.5 Å². The zero-order chi connectivity index (χ0) is 15.2. The fourth-order valence-electron chi connectivity index (χ4n) is 2.54. The quantitative estimate of drug-likeness (QED) is 0.786. The Morgan fingerprint density at radius 3 is 3.00 bits per heavy atom. The average Bonchev–Trinajstić information content (AvgIpc) is 3.00. The third-order valence-corrected chi connectivity index (χ3v) is 4.72. The molecule has 6 heteroatoms. The van der Waals surface area contributed by atoms with Crippen LogP contribution in [0, 0.1) is 0 Å². The van der Waals surface area contributed by atoms with Crippen molar-refractivity contribution in [1.29, 1.82) is 0 Å². The molecule has 0 radical (unpaired) electrons. The molecule has 0 bridgehead atoms. The normalized spacial score (nSPS) is 18.0. The standard InChI is InChI=1S/C15H21ClN2O2S/c1-21-12-4-5-14(16)13(9-12)15(20)18(7-8-19)10-11-3-2-6-17-11/h4-5,9,11,17,19H,2-3,6-8,10H2,1H3. The van der Waals surface area contributed by atoms with Gasteiger partial charge in [-0.3, -0.25) is 4.79 Å². The minimum atomic E-state index is -0.112. The van der Waals surface area contributed by atoms with Crippen LogP contribution in [-0.2, 0) is 0 Å². The highest BCUT2D eigenvalue weighted by molar-refractivity contribution is 7.98. The molecule has 1 aliphatic heterocycles. The van der Waals surface area contributed by atoms with Gasteiger partial charge in [-0.15, -0.1) is 11.8 Å². The van der Waals surface area contributed by atoms with E-state index in [0.29, 0.717) is 29.7 Å². The highest BCUT2D eigenvalue weighted by Crippen LogP contribution is 2.24. The van der Waals surface area contributed by atoms with E-state index in [0.717, 1.165) is 24.3 Å². The van der Waals surface area contributed by atoms with Crippen LogP contribution in [0.25, 0.3) is 0 Å². The van der Waals surface area contributed by atoms with Crippen LogP contribution in [0.4, 0.5) is 0 Å². The van der Waals surface area contributed by atoms with E-state index >= 15 is 0 Å². The number of carbonyl (C=O) groups is 1. The van der Waals surface area contributed by atoms with E-state index in [1.807, 2.05) is 18.4 Å². The fourth-order valence-corrected chi connectivity index (χ4v) is 3.18. The lowest BCUT2D eigenvalue weighted by Gasteiger charge is -2.25. The number of carbonyl (C=O) groups excluding carboxylic acids is 1. The van der Waals surface area contributed by atoms with Gasteiger partial charge in [-0.2, -0.15) is 0 Å². The molecule has 2 N–H and O–H groups in total. The van der Waals surface area contributed by atoms with Crippen molar-refractivity contribution < 1.29 is 9.90 Å². The Hall–Kier alpha value is -0.750. The molecule has 0 saturated carbocycles. The fraction of sp³-hybridized carbons (Fsp3) is 0.533. The summed E-state index contributed by atoms with van der Waals surface area (Å²) in [5, 5.41) is 13.1. The zero-order valence-corrected chi connectivity index (χ0v) is 13.7. The summed E-state index contributed by atoms with van der Waals surface area (Å²) in [5.41, 5.74) is 0.509.